The number of carbonyl (C=O) groups excluding carboxylic acids is 2. The standard InChI is InChI=1S/C22H29F3N2O3/c1-4-15(3)26-19(28)18-13-30-21(10-6-7-14(2)12-21)27(18)20(29)16-8-5-9-17(11-16)22(23,24)25/h5,8-9,11,14-15,18H,4,6-7,10,12-13H2,1-3H3,(H,26,28)/t14-,15-,18-,21-/m0/s1. The van der Waals surface area contributed by atoms with E-state index in [2.05, 4.69) is 12.2 Å². The van der Waals surface area contributed by atoms with Crippen LogP contribution in [0.25, 0.3) is 0 Å². The number of amides is 2. The minimum Gasteiger partial charge on any atom is -0.353 e. The molecule has 1 aliphatic carbocycles. The first-order valence-electron chi connectivity index (χ1n) is 10.5. The number of nitrogens with one attached hydrogen (secondary N) is 1. The molecule has 2 amide bonds. The van der Waals surface area contributed by atoms with E-state index >= 15 is 0 Å². The molecule has 3 rings (SSSR count). The van der Waals surface area contributed by atoms with Gasteiger partial charge in [0.15, 0.2) is 0 Å². The monoisotopic (exact) mass is 426 g/mol. The highest BCUT2D eigenvalue weighted by Gasteiger charge is 2.54. The molecular weight excluding hydrogens is 397 g/mol. The molecule has 4 atom stereocenters. The third kappa shape index (κ3) is 4.48. The molecule has 1 saturated carbocycles. The van der Waals surface area contributed by atoms with Gasteiger partial charge in [-0.1, -0.05) is 26.3 Å². The van der Waals surface area contributed by atoms with E-state index in [1.165, 1.54) is 17.0 Å². The summed E-state index contributed by atoms with van der Waals surface area (Å²) in [4.78, 5) is 27.8. The lowest BCUT2D eigenvalue weighted by atomic mass is 9.83. The van der Waals surface area contributed by atoms with Crippen molar-refractivity contribution in [3.05, 3.63) is 35.4 Å². The number of alkyl halides is 3. The third-order valence-corrected chi connectivity index (χ3v) is 6.15. The number of hydrogen-bond donors (Lipinski definition) is 1. The van der Waals surface area contributed by atoms with Gasteiger partial charge in [-0.25, -0.2) is 0 Å². The maximum absolute atomic E-state index is 13.5. The minimum absolute atomic E-state index is 0.0414. The van der Waals surface area contributed by atoms with Crippen molar-refractivity contribution in [2.75, 3.05) is 6.61 Å². The van der Waals surface area contributed by atoms with Crippen LogP contribution >= 0.6 is 0 Å². The Bertz CT molecular complexity index is 798. The van der Waals surface area contributed by atoms with Gasteiger partial charge in [-0.05, 0) is 56.7 Å². The van der Waals surface area contributed by atoms with Crippen molar-refractivity contribution in [3.8, 4) is 0 Å². The van der Waals surface area contributed by atoms with Gasteiger partial charge in [-0.3, -0.25) is 14.5 Å². The minimum atomic E-state index is -4.55. The molecule has 2 aliphatic rings. The summed E-state index contributed by atoms with van der Waals surface area (Å²) in [6, 6.07) is 3.42. The lowest BCUT2D eigenvalue weighted by Gasteiger charge is -2.43. The van der Waals surface area contributed by atoms with Crippen LogP contribution in [0.2, 0.25) is 0 Å². The Kier molecular flexibility index (Phi) is 6.45. The smallest absolute Gasteiger partial charge is 0.353 e. The van der Waals surface area contributed by atoms with Gasteiger partial charge in [-0.2, -0.15) is 13.2 Å². The van der Waals surface area contributed by atoms with Gasteiger partial charge >= 0.3 is 6.18 Å². The van der Waals surface area contributed by atoms with Crippen LogP contribution in [0.4, 0.5) is 13.2 Å². The number of halogens is 3. The maximum atomic E-state index is 13.5. The number of benzene rings is 1. The lowest BCUT2D eigenvalue weighted by Crippen LogP contribution is -2.57. The summed E-state index contributed by atoms with van der Waals surface area (Å²) < 4.78 is 45.6. The number of carbonyl (C=O) groups is 2. The molecule has 1 heterocycles. The van der Waals surface area contributed by atoms with Gasteiger partial charge in [0.25, 0.3) is 5.91 Å². The Morgan fingerprint density at radius 3 is 2.73 bits per heavy atom. The van der Waals surface area contributed by atoms with E-state index in [0.29, 0.717) is 12.8 Å². The van der Waals surface area contributed by atoms with Gasteiger partial charge < -0.3 is 10.1 Å². The molecule has 1 saturated heterocycles. The first kappa shape index (κ1) is 22.6. The Morgan fingerprint density at radius 1 is 1.37 bits per heavy atom. The molecule has 2 fully saturated rings. The molecule has 1 spiro atoms. The van der Waals surface area contributed by atoms with Crippen LogP contribution in [0.5, 0.6) is 0 Å². The predicted octanol–water partition coefficient (Wildman–Crippen LogP) is 4.37. The van der Waals surface area contributed by atoms with E-state index in [1.807, 2.05) is 13.8 Å². The number of nitrogens with zero attached hydrogens (tertiary/aromatic N) is 1. The summed E-state index contributed by atoms with van der Waals surface area (Å²) in [7, 11) is 0. The fraction of sp³-hybridized carbons (Fsp3) is 0.636. The Hall–Kier alpha value is -2.09. The molecular formula is C22H29F3N2O3. The van der Waals surface area contributed by atoms with E-state index < -0.39 is 29.4 Å². The highest BCUT2D eigenvalue weighted by atomic mass is 19.4. The van der Waals surface area contributed by atoms with Crippen LogP contribution < -0.4 is 5.32 Å². The van der Waals surface area contributed by atoms with Gasteiger partial charge in [-0.15, -0.1) is 0 Å². The van der Waals surface area contributed by atoms with Crippen LogP contribution in [0.3, 0.4) is 0 Å². The number of hydrogen-bond acceptors (Lipinski definition) is 3. The Labute approximate surface area is 175 Å². The second-order valence-electron chi connectivity index (χ2n) is 8.55. The third-order valence-electron chi connectivity index (χ3n) is 6.15. The van der Waals surface area contributed by atoms with Gasteiger partial charge in [0.1, 0.15) is 11.8 Å². The first-order valence-corrected chi connectivity index (χ1v) is 10.5. The van der Waals surface area contributed by atoms with Crippen LogP contribution in [0.15, 0.2) is 24.3 Å². The van der Waals surface area contributed by atoms with E-state index in [1.54, 1.807) is 0 Å². The summed E-state index contributed by atoms with van der Waals surface area (Å²) in [5, 5.41) is 2.88. The largest absolute Gasteiger partial charge is 0.416 e. The van der Waals surface area contributed by atoms with Crippen molar-refractivity contribution in [1.29, 1.82) is 0 Å². The van der Waals surface area contributed by atoms with Gasteiger partial charge in [0, 0.05) is 11.6 Å². The second kappa shape index (κ2) is 8.57. The zero-order chi connectivity index (χ0) is 22.1. The van der Waals surface area contributed by atoms with Crippen LogP contribution in [0.1, 0.15) is 68.8 Å². The molecule has 0 radical (unpaired) electrons. The summed E-state index contributed by atoms with van der Waals surface area (Å²) in [5.74, 6) is -0.649. The van der Waals surface area contributed by atoms with Crippen LogP contribution in [0, 0.1) is 5.92 Å². The first-order chi connectivity index (χ1) is 14.1. The fourth-order valence-corrected chi connectivity index (χ4v) is 4.42. The van der Waals surface area contributed by atoms with Crippen LogP contribution in [-0.4, -0.2) is 41.1 Å². The van der Waals surface area contributed by atoms with Gasteiger partial charge in [0.2, 0.25) is 5.91 Å². The van der Waals surface area contributed by atoms with Crippen molar-refractivity contribution in [2.45, 2.75) is 76.9 Å². The number of ether oxygens (including phenoxy) is 1. The lowest BCUT2D eigenvalue weighted by molar-refractivity contribution is -0.137. The fourth-order valence-electron chi connectivity index (χ4n) is 4.42. The average molecular weight is 426 g/mol. The highest BCUT2D eigenvalue weighted by Crippen LogP contribution is 2.43. The zero-order valence-electron chi connectivity index (χ0n) is 17.6. The van der Waals surface area contributed by atoms with Crippen molar-refractivity contribution >= 4 is 11.8 Å². The van der Waals surface area contributed by atoms with Gasteiger partial charge in [0.05, 0.1) is 12.2 Å². The Balaban J connectivity index is 1.97. The summed E-state index contributed by atoms with van der Waals surface area (Å²) in [6.07, 6.45) is -0.890. The maximum Gasteiger partial charge on any atom is 0.416 e. The molecule has 1 aromatic carbocycles. The van der Waals surface area contributed by atoms with Crippen molar-refractivity contribution in [2.24, 2.45) is 5.92 Å². The molecule has 166 valence electrons. The van der Waals surface area contributed by atoms with E-state index in [-0.39, 0.29) is 30.0 Å². The van der Waals surface area contributed by atoms with Crippen molar-refractivity contribution in [3.63, 3.8) is 0 Å². The molecule has 30 heavy (non-hydrogen) atoms. The summed E-state index contributed by atoms with van der Waals surface area (Å²) in [5.41, 5.74) is -1.94. The Morgan fingerprint density at radius 2 is 2.10 bits per heavy atom. The van der Waals surface area contributed by atoms with Crippen molar-refractivity contribution in [1.82, 2.24) is 10.2 Å². The topological polar surface area (TPSA) is 58.6 Å². The van der Waals surface area contributed by atoms with E-state index in [9.17, 15) is 22.8 Å². The number of rotatable bonds is 4. The molecule has 0 aromatic heterocycles. The normalized spacial score (nSPS) is 27.9. The zero-order valence-corrected chi connectivity index (χ0v) is 17.6. The quantitative estimate of drug-likeness (QED) is 0.778. The molecule has 1 aromatic rings. The molecule has 1 aliphatic heterocycles. The van der Waals surface area contributed by atoms with E-state index in [0.717, 1.165) is 31.4 Å². The van der Waals surface area contributed by atoms with Crippen LogP contribution in [-0.2, 0) is 15.7 Å². The molecule has 0 unspecified atom stereocenters. The summed E-state index contributed by atoms with van der Waals surface area (Å²) in [6.45, 7) is 5.90. The SMILES string of the molecule is CC[C@H](C)NC(=O)[C@@H]1CO[C@]2(CCC[C@H](C)C2)N1C(=O)c1cccc(C(F)(F)F)c1. The molecule has 5 nitrogen and oxygen atoms in total. The molecule has 8 heteroatoms. The molecule has 0 bridgehead atoms. The predicted molar refractivity (Wildman–Crippen MR) is 106 cm³/mol. The molecule has 1 N–H and O–H groups in total. The van der Waals surface area contributed by atoms with E-state index in [4.69, 9.17) is 4.74 Å². The second-order valence-corrected chi connectivity index (χ2v) is 8.55. The highest BCUT2D eigenvalue weighted by molar-refractivity contribution is 5.98. The average Bonchev–Trinajstić information content (AvgIpc) is 3.04. The van der Waals surface area contributed by atoms with Crippen molar-refractivity contribution < 1.29 is 27.5 Å². The summed E-state index contributed by atoms with van der Waals surface area (Å²) >= 11 is 0.